The van der Waals surface area contributed by atoms with E-state index in [4.69, 9.17) is 4.74 Å². The van der Waals surface area contributed by atoms with Crippen molar-refractivity contribution in [3.8, 4) is 11.5 Å². The molecule has 0 fully saturated rings. The van der Waals surface area contributed by atoms with Crippen LogP contribution in [0.3, 0.4) is 0 Å². The molecule has 7 rings (SSSR count). The number of phenols is 2. The van der Waals surface area contributed by atoms with Gasteiger partial charge in [0.2, 0.25) is 0 Å². The molecule has 156 valence electrons. The van der Waals surface area contributed by atoms with E-state index < -0.39 is 5.60 Å². The molecule has 2 aliphatic rings. The van der Waals surface area contributed by atoms with Crippen molar-refractivity contribution in [2.75, 3.05) is 0 Å². The standard InChI is InChI=1S/C28H16O4Si/c29-19-7-5-15-11-23-25(13-17(15)9-19)33-26-14-18-10-20(30)8-6-16(18)12-24(26)28(23)22-4-2-1-3-21(22)27(31)32-28/h1-14,29-30H. The summed E-state index contributed by atoms with van der Waals surface area (Å²) in [5, 5.41) is 26.0. The van der Waals surface area contributed by atoms with E-state index in [1.807, 2.05) is 36.4 Å². The normalized spacial score (nSPS) is 15.3. The minimum absolute atomic E-state index is 0.218. The van der Waals surface area contributed by atoms with E-state index in [-0.39, 0.29) is 17.5 Å². The van der Waals surface area contributed by atoms with E-state index in [2.05, 4.69) is 24.3 Å². The third-order valence-corrected chi connectivity index (χ3v) is 8.09. The van der Waals surface area contributed by atoms with Crippen molar-refractivity contribution in [2.24, 2.45) is 0 Å². The SMILES string of the molecule is O=C1OC2(c3cc4ccc(O)cc4cc3[Si]c3cc4cc(O)ccc4cc32)c2ccccc21. The van der Waals surface area contributed by atoms with Crippen molar-refractivity contribution in [3.05, 3.63) is 107 Å². The number of carbonyl (C=O) groups excluding carboxylic acids is 1. The van der Waals surface area contributed by atoms with Gasteiger partial charge in [-0.25, -0.2) is 4.79 Å². The Balaban J connectivity index is 1.62. The van der Waals surface area contributed by atoms with Crippen LogP contribution >= 0.6 is 0 Å². The summed E-state index contributed by atoms with van der Waals surface area (Å²) in [7, 11) is 0.339. The Labute approximate surface area is 191 Å². The highest BCUT2D eigenvalue weighted by Gasteiger charge is 2.52. The second kappa shape index (κ2) is 6.24. The highest BCUT2D eigenvalue weighted by Crippen LogP contribution is 2.48. The monoisotopic (exact) mass is 444 g/mol. The summed E-state index contributed by atoms with van der Waals surface area (Å²) in [6, 6.07) is 26.6. The molecule has 2 heterocycles. The lowest BCUT2D eigenvalue weighted by Gasteiger charge is -2.37. The molecular formula is C28H16O4Si. The molecule has 1 spiro atoms. The van der Waals surface area contributed by atoms with Gasteiger partial charge in [-0.2, -0.15) is 0 Å². The fourth-order valence-electron chi connectivity index (χ4n) is 5.27. The second-order valence-electron chi connectivity index (χ2n) is 8.60. The Morgan fingerprint density at radius 1 is 0.636 bits per heavy atom. The number of fused-ring (bicyclic) bond motifs is 8. The largest absolute Gasteiger partial charge is 0.508 e. The van der Waals surface area contributed by atoms with Gasteiger partial charge in [0.1, 0.15) is 21.0 Å². The maximum absolute atomic E-state index is 13.1. The summed E-state index contributed by atoms with van der Waals surface area (Å²) >= 11 is 0. The number of hydrogen-bond acceptors (Lipinski definition) is 4. The number of hydrogen-bond donors (Lipinski definition) is 2. The molecule has 4 nitrogen and oxygen atoms in total. The zero-order valence-corrected chi connectivity index (χ0v) is 18.3. The van der Waals surface area contributed by atoms with Crippen LogP contribution in [0, 0.1) is 0 Å². The molecule has 2 radical (unpaired) electrons. The van der Waals surface area contributed by atoms with Crippen LogP contribution in [0.4, 0.5) is 0 Å². The number of benzene rings is 5. The van der Waals surface area contributed by atoms with E-state index in [1.165, 1.54) is 0 Å². The number of carbonyl (C=O) groups is 1. The van der Waals surface area contributed by atoms with E-state index >= 15 is 0 Å². The van der Waals surface area contributed by atoms with Crippen LogP contribution in [0.25, 0.3) is 21.5 Å². The van der Waals surface area contributed by atoms with Gasteiger partial charge in [0.05, 0.1) is 5.56 Å². The quantitative estimate of drug-likeness (QED) is 0.281. The Morgan fingerprint density at radius 2 is 1.21 bits per heavy atom. The van der Waals surface area contributed by atoms with Crippen LogP contribution in [-0.2, 0) is 10.3 Å². The smallest absolute Gasteiger partial charge is 0.340 e. The summed E-state index contributed by atoms with van der Waals surface area (Å²) < 4.78 is 6.33. The maximum Gasteiger partial charge on any atom is 0.340 e. The molecular weight excluding hydrogens is 428 g/mol. The highest BCUT2D eigenvalue weighted by atomic mass is 28.2. The molecule has 0 amide bonds. The zero-order chi connectivity index (χ0) is 22.3. The molecule has 5 heteroatoms. The van der Waals surface area contributed by atoms with Crippen molar-refractivity contribution < 1.29 is 19.7 Å². The van der Waals surface area contributed by atoms with E-state index in [9.17, 15) is 15.0 Å². The molecule has 0 bridgehead atoms. The van der Waals surface area contributed by atoms with Gasteiger partial charge in [0.15, 0.2) is 5.60 Å². The topological polar surface area (TPSA) is 66.8 Å². The molecule has 0 unspecified atom stereocenters. The van der Waals surface area contributed by atoms with Gasteiger partial charge in [-0.05, 0) is 74.4 Å². The molecule has 0 atom stereocenters. The fraction of sp³-hybridized carbons (Fsp3) is 0.0357. The summed E-state index contributed by atoms with van der Waals surface area (Å²) in [5.41, 5.74) is 2.31. The van der Waals surface area contributed by atoms with E-state index in [0.29, 0.717) is 15.1 Å². The molecule has 0 aliphatic carbocycles. The summed E-state index contributed by atoms with van der Waals surface area (Å²) in [4.78, 5) is 13.1. The highest BCUT2D eigenvalue weighted by molar-refractivity contribution is 6.69. The third-order valence-electron chi connectivity index (χ3n) is 6.72. The lowest BCUT2D eigenvalue weighted by atomic mass is 9.78. The Hall–Kier alpha value is -4.09. The number of ether oxygens (including phenoxy) is 1. The first-order chi connectivity index (χ1) is 16.0. The predicted octanol–water partition coefficient (Wildman–Crippen LogP) is 3.83. The van der Waals surface area contributed by atoms with Crippen molar-refractivity contribution in [2.45, 2.75) is 5.60 Å². The lowest BCUT2D eigenvalue weighted by molar-refractivity contribution is 0.0256. The Kier molecular flexibility index (Phi) is 3.49. The zero-order valence-electron chi connectivity index (χ0n) is 17.3. The van der Waals surface area contributed by atoms with Gasteiger partial charge in [-0.1, -0.05) is 42.5 Å². The van der Waals surface area contributed by atoms with Crippen LogP contribution in [0.5, 0.6) is 11.5 Å². The number of esters is 1. The first-order valence-electron chi connectivity index (χ1n) is 10.7. The molecule has 33 heavy (non-hydrogen) atoms. The third kappa shape index (κ3) is 2.42. The van der Waals surface area contributed by atoms with Crippen LogP contribution in [-0.4, -0.2) is 25.7 Å². The van der Waals surface area contributed by atoms with Gasteiger partial charge in [-0.3, -0.25) is 0 Å². The van der Waals surface area contributed by atoms with E-state index in [0.717, 1.165) is 48.6 Å². The lowest BCUT2D eigenvalue weighted by Crippen LogP contribution is -2.49. The Morgan fingerprint density at radius 3 is 1.82 bits per heavy atom. The van der Waals surface area contributed by atoms with Crippen molar-refractivity contribution in [3.63, 3.8) is 0 Å². The number of rotatable bonds is 0. The Bertz CT molecular complexity index is 1580. The van der Waals surface area contributed by atoms with Gasteiger partial charge in [-0.15, -0.1) is 0 Å². The maximum atomic E-state index is 13.1. The first-order valence-corrected chi connectivity index (χ1v) is 11.7. The molecule has 0 aromatic heterocycles. The van der Waals surface area contributed by atoms with Gasteiger partial charge in [0.25, 0.3) is 0 Å². The minimum atomic E-state index is -1.04. The fourth-order valence-corrected chi connectivity index (χ4v) is 6.78. The average molecular weight is 445 g/mol. The molecule has 5 aromatic carbocycles. The molecule has 2 N–H and O–H groups in total. The van der Waals surface area contributed by atoms with Crippen molar-refractivity contribution >= 4 is 47.4 Å². The molecule has 5 aromatic rings. The second-order valence-corrected chi connectivity index (χ2v) is 9.93. The summed E-state index contributed by atoms with van der Waals surface area (Å²) in [6.45, 7) is 0. The van der Waals surface area contributed by atoms with E-state index in [1.54, 1.807) is 24.3 Å². The molecule has 0 saturated carbocycles. The van der Waals surface area contributed by atoms with Crippen molar-refractivity contribution in [1.29, 1.82) is 0 Å². The average Bonchev–Trinajstić information content (AvgIpc) is 3.10. The summed E-state index contributed by atoms with van der Waals surface area (Å²) in [5.74, 6) is 0.107. The molecule has 2 aliphatic heterocycles. The van der Waals surface area contributed by atoms with Crippen LogP contribution in [0.1, 0.15) is 27.0 Å². The van der Waals surface area contributed by atoms with Crippen LogP contribution in [0.2, 0.25) is 0 Å². The van der Waals surface area contributed by atoms with Crippen LogP contribution in [0.15, 0.2) is 84.9 Å². The molecule has 0 saturated heterocycles. The predicted molar refractivity (Wildman–Crippen MR) is 128 cm³/mol. The number of phenolic OH excluding ortho intramolecular Hbond substituents is 2. The van der Waals surface area contributed by atoms with Gasteiger partial charge >= 0.3 is 5.97 Å². The van der Waals surface area contributed by atoms with Gasteiger partial charge < -0.3 is 14.9 Å². The number of aromatic hydroxyl groups is 2. The first kappa shape index (κ1) is 18.5. The van der Waals surface area contributed by atoms with Gasteiger partial charge in [0, 0.05) is 16.7 Å². The minimum Gasteiger partial charge on any atom is -0.508 e. The van der Waals surface area contributed by atoms with Crippen LogP contribution < -0.4 is 10.4 Å². The van der Waals surface area contributed by atoms with Crippen molar-refractivity contribution in [1.82, 2.24) is 0 Å². The summed E-state index contributed by atoms with van der Waals surface area (Å²) in [6.07, 6.45) is 0.